The second-order valence-electron chi connectivity index (χ2n) is 6.96. The maximum Gasteiger partial charge on any atom is 0.203 e. The number of hydrogen-bond donors (Lipinski definition) is 2. The lowest BCUT2D eigenvalue weighted by atomic mass is 10.1. The Balaban J connectivity index is 1.80. The van der Waals surface area contributed by atoms with Gasteiger partial charge < -0.3 is 24.6 Å². The van der Waals surface area contributed by atoms with Gasteiger partial charge in [0, 0.05) is 56.2 Å². The number of hydrogen-bond acceptors (Lipinski definition) is 5. The lowest BCUT2D eigenvalue weighted by Crippen LogP contribution is -2.21. The number of benzene rings is 2. The molecule has 0 atom stereocenters. The molecule has 0 fully saturated rings. The van der Waals surface area contributed by atoms with Crippen molar-refractivity contribution in [1.82, 2.24) is 9.55 Å². The first-order valence-electron chi connectivity index (χ1n) is 10.2. The highest BCUT2D eigenvalue weighted by molar-refractivity contribution is 5.62. The standard InChI is InChI=1S/C23H29FN4O2/c1-4-27(5-2)20-11-8-18(22(29)14-20)15-25-23-26-16-21(28(23)12-13-30-3)17-6-9-19(24)10-7-17/h6-11,14,16,29H,4-5,12-13,15H2,1-3H3,(H,25,26). The number of anilines is 2. The van der Waals surface area contributed by atoms with E-state index in [0.29, 0.717) is 25.6 Å². The fourth-order valence-electron chi connectivity index (χ4n) is 3.44. The van der Waals surface area contributed by atoms with Gasteiger partial charge in [-0.1, -0.05) is 6.07 Å². The van der Waals surface area contributed by atoms with E-state index in [4.69, 9.17) is 4.74 Å². The first kappa shape index (κ1) is 21.6. The third kappa shape index (κ3) is 4.91. The van der Waals surface area contributed by atoms with Crippen molar-refractivity contribution in [2.24, 2.45) is 0 Å². The molecule has 0 spiro atoms. The number of phenols is 1. The molecular weight excluding hydrogens is 383 g/mol. The normalized spacial score (nSPS) is 10.9. The van der Waals surface area contributed by atoms with Crippen molar-refractivity contribution in [3.63, 3.8) is 0 Å². The van der Waals surface area contributed by atoms with Crippen LogP contribution in [0, 0.1) is 5.82 Å². The van der Waals surface area contributed by atoms with Gasteiger partial charge in [-0.3, -0.25) is 0 Å². The minimum absolute atomic E-state index is 0.251. The molecule has 0 aliphatic heterocycles. The second-order valence-corrected chi connectivity index (χ2v) is 6.96. The summed E-state index contributed by atoms with van der Waals surface area (Å²) in [6.45, 7) is 7.50. The molecule has 0 unspecified atom stereocenters. The van der Waals surface area contributed by atoms with Crippen molar-refractivity contribution in [1.29, 1.82) is 0 Å². The molecule has 0 aliphatic carbocycles. The van der Waals surface area contributed by atoms with Gasteiger partial charge in [0.25, 0.3) is 0 Å². The summed E-state index contributed by atoms with van der Waals surface area (Å²) in [6, 6.07) is 12.1. The predicted octanol–water partition coefficient (Wildman–Crippen LogP) is 4.50. The van der Waals surface area contributed by atoms with Crippen molar-refractivity contribution in [3.05, 3.63) is 60.0 Å². The minimum Gasteiger partial charge on any atom is -0.508 e. The number of aromatic hydroxyl groups is 1. The molecule has 2 aromatic carbocycles. The van der Waals surface area contributed by atoms with Gasteiger partial charge in [0.05, 0.1) is 18.5 Å². The Morgan fingerprint density at radius 2 is 1.87 bits per heavy atom. The summed E-state index contributed by atoms with van der Waals surface area (Å²) in [5.41, 5.74) is 3.53. The van der Waals surface area contributed by atoms with E-state index < -0.39 is 0 Å². The first-order valence-corrected chi connectivity index (χ1v) is 10.2. The Hall–Kier alpha value is -3.06. The summed E-state index contributed by atoms with van der Waals surface area (Å²) in [5.74, 6) is 0.642. The number of nitrogens with zero attached hydrogens (tertiary/aromatic N) is 3. The molecule has 7 heteroatoms. The number of methoxy groups -OCH3 is 1. The van der Waals surface area contributed by atoms with Crippen LogP contribution in [0.25, 0.3) is 11.3 Å². The lowest BCUT2D eigenvalue weighted by Gasteiger charge is -2.21. The molecule has 2 N–H and O–H groups in total. The molecule has 3 aromatic rings. The fraction of sp³-hybridized carbons (Fsp3) is 0.348. The van der Waals surface area contributed by atoms with E-state index in [1.54, 1.807) is 31.5 Å². The SMILES string of the molecule is CCN(CC)c1ccc(CNc2ncc(-c3ccc(F)cc3)n2CCOC)c(O)c1. The largest absolute Gasteiger partial charge is 0.508 e. The van der Waals surface area contributed by atoms with Crippen molar-refractivity contribution in [2.75, 3.05) is 37.0 Å². The topological polar surface area (TPSA) is 62.6 Å². The van der Waals surface area contributed by atoms with Crippen LogP contribution < -0.4 is 10.2 Å². The number of nitrogens with one attached hydrogen (secondary N) is 1. The highest BCUT2D eigenvalue weighted by atomic mass is 19.1. The predicted molar refractivity (Wildman–Crippen MR) is 118 cm³/mol. The Labute approximate surface area is 176 Å². The maximum atomic E-state index is 13.3. The molecule has 0 saturated carbocycles. The maximum absolute atomic E-state index is 13.3. The van der Waals surface area contributed by atoms with Gasteiger partial charge in [-0.2, -0.15) is 0 Å². The van der Waals surface area contributed by atoms with Crippen LogP contribution in [-0.2, 0) is 17.8 Å². The summed E-state index contributed by atoms with van der Waals surface area (Å²) in [4.78, 5) is 6.68. The van der Waals surface area contributed by atoms with Crippen molar-refractivity contribution in [3.8, 4) is 17.0 Å². The molecule has 3 rings (SSSR count). The van der Waals surface area contributed by atoms with E-state index in [0.717, 1.165) is 35.6 Å². The van der Waals surface area contributed by atoms with Gasteiger partial charge in [0.2, 0.25) is 5.95 Å². The van der Waals surface area contributed by atoms with Gasteiger partial charge >= 0.3 is 0 Å². The van der Waals surface area contributed by atoms with Crippen molar-refractivity contribution >= 4 is 11.6 Å². The summed E-state index contributed by atoms with van der Waals surface area (Å²) < 4.78 is 20.5. The molecule has 160 valence electrons. The number of aromatic nitrogens is 2. The molecule has 0 bridgehead atoms. The smallest absolute Gasteiger partial charge is 0.203 e. The van der Waals surface area contributed by atoms with Gasteiger partial charge in [-0.15, -0.1) is 0 Å². The van der Waals surface area contributed by atoms with Crippen LogP contribution in [0.5, 0.6) is 5.75 Å². The Kier molecular flexibility index (Phi) is 7.30. The van der Waals surface area contributed by atoms with Crippen LogP contribution in [0.1, 0.15) is 19.4 Å². The van der Waals surface area contributed by atoms with E-state index in [1.807, 2.05) is 16.7 Å². The number of halogens is 1. The van der Waals surface area contributed by atoms with Crippen LogP contribution in [0.15, 0.2) is 48.7 Å². The van der Waals surface area contributed by atoms with Crippen LogP contribution in [0.4, 0.5) is 16.0 Å². The number of rotatable bonds is 10. The molecule has 6 nitrogen and oxygen atoms in total. The molecular formula is C23H29FN4O2. The zero-order valence-electron chi connectivity index (χ0n) is 17.7. The third-order valence-electron chi connectivity index (χ3n) is 5.15. The molecule has 30 heavy (non-hydrogen) atoms. The van der Waals surface area contributed by atoms with Gasteiger partial charge in [-0.25, -0.2) is 9.37 Å². The zero-order valence-corrected chi connectivity index (χ0v) is 17.7. The highest BCUT2D eigenvalue weighted by Crippen LogP contribution is 2.27. The Morgan fingerprint density at radius 1 is 1.13 bits per heavy atom. The summed E-state index contributed by atoms with van der Waals surface area (Å²) in [5, 5.41) is 13.8. The highest BCUT2D eigenvalue weighted by Gasteiger charge is 2.13. The summed E-state index contributed by atoms with van der Waals surface area (Å²) in [6.07, 6.45) is 1.76. The van der Waals surface area contributed by atoms with E-state index in [-0.39, 0.29) is 11.6 Å². The molecule has 1 aromatic heterocycles. The monoisotopic (exact) mass is 412 g/mol. The van der Waals surface area contributed by atoms with Crippen LogP contribution in [0.3, 0.4) is 0 Å². The molecule has 0 aliphatic rings. The lowest BCUT2D eigenvalue weighted by molar-refractivity contribution is 0.188. The van der Waals surface area contributed by atoms with E-state index in [2.05, 4.69) is 29.0 Å². The van der Waals surface area contributed by atoms with Crippen LogP contribution in [-0.4, -0.2) is 41.5 Å². The minimum atomic E-state index is -0.274. The van der Waals surface area contributed by atoms with E-state index >= 15 is 0 Å². The molecule has 1 heterocycles. The number of phenolic OH excluding ortho intramolecular Hbond substituents is 1. The molecule has 0 radical (unpaired) electrons. The average molecular weight is 413 g/mol. The summed E-state index contributed by atoms with van der Waals surface area (Å²) >= 11 is 0. The van der Waals surface area contributed by atoms with Crippen LogP contribution in [0.2, 0.25) is 0 Å². The third-order valence-corrected chi connectivity index (χ3v) is 5.15. The zero-order chi connectivity index (χ0) is 21.5. The van der Waals surface area contributed by atoms with Crippen LogP contribution >= 0.6 is 0 Å². The van der Waals surface area contributed by atoms with E-state index in [1.165, 1.54) is 12.1 Å². The quantitative estimate of drug-likeness (QED) is 0.513. The Morgan fingerprint density at radius 3 is 2.50 bits per heavy atom. The Bertz CT molecular complexity index is 952. The van der Waals surface area contributed by atoms with Gasteiger partial charge in [-0.05, 0) is 44.2 Å². The second kappa shape index (κ2) is 10.1. The average Bonchev–Trinajstić information content (AvgIpc) is 3.15. The van der Waals surface area contributed by atoms with Gasteiger partial charge in [0.1, 0.15) is 11.6 Å². The number of ether oxygens (including phenoxy) is 1. The van der Waals surface area contributed by atoms with Gasteiger partial charge in [0.15, 0.2) is 0 Å². The van der Waals surface area contributed by atoms with Crippen molar-refractivity contribution in [2.45, 2.75) is 26.9 Å². The first-order chi connectivity index (χ1) is 14.6. The van der Waals surface area contributed by atoms with E-state index in [9.17, 15) is 9.50 Å². The molecule has 0 saturated heterocycles. The number of imidazole rings is 1. The molecule has 0 amide bonds. The summed E-state index contributed by atoms with van der Waals surface area (Å²) in [7, 11) is 1.65. The fourth-order valence-corrected chi connectivity index (χ4v) is 3.44. The van der Waals surface area contributed by atoms with Crippen molar-refractivity contribution < 1.29 is 14.2 Å².